The van der Waals surface area contributed by atoms with Crippen molar-refractivity contribution in [1.82, 2.24) is 0 Å². The van der Waals surface area contributed by atoms with Gasteiger partial charge in [-0.05, 0) is 6.07 Å². The minimum Gasteiger partial charge on any atom is -0.368 e. The Bertz CT molecular complexity index is 360. The number of benzene rings is 1. The zero-order valence-corrected chi connectivity index (χ0v) is 6.28. The van der Waals surface area contributed by atoms with Crippen molar-refractivity contribution in [2.75, 3.05) is 6.61 Å². The second-order valence-corrected chi connectivity index (χ2v) is 2.71. The van der Waals surface area contributed by atoms with Crippen LogP contribution in [0.2, 0.25) is 0 Å². The van der Waals surface area contributed by atoms with Crippen LogP contribution in [0.4, 0.5) is 17.6 Å². The van der Waals surface area contributed by atoms with E-state index in [4.69, 9.17) is 0 Å². The molecule has 0 saturated carbocycles. The molecule has 2 rings (SSSR count). The van der Waals surface area contributed by atoms with Gasteiger partial charge in [0.2, 0.25) is 0 Å². The van der Waals surface area contributed by atoms with Crippen molar-refractivity contribution in [3.63, 3.8) is 0 Å². The topological polar surface area (TPSA) is 12.5 Å². The van der Waals surface area contributed by atoms with Gasteiger partial charge < -0.3 is 4.74 Å². The molecule has 1 heterocycles. The Morgan fingerprint density at radius 1 is 1.08 bits per heavy atom. The molecule has 1 saturated heterocycles. The first kappa shape index (κ1) is 8.50. The normalized spacial score (nSPS) is 20.5. The SMILES string of the molecule is Fc1cc([C@@H]2CO2)c(F)c(F)c1F. The summed E-state index contributed by atoms with van der Waals surface area (Å²) in [5, 5.41) is 0. The molecule has 0 radical (unpaired) electrons. The van der Waals surface area contributed by atoms with Crippen LogP contribution in [-0.4, -0.2) is 6.61 Å². The quantitative estimate of drug-likeness (QED) is 0.288. The maximum Gasteiger partial charge on any atom is 0.197 e. The van der Waals surface area contributed by atoms with E-state index in [0.29, 0.717) is 6.07 Å². The molecule has 1 nitrogen and oxygen atoms in total. The summed E-state index contributed by atoms with van der Waals surface area (Å²) in [5.41, 5.74) is -0.267. The third-order valence-corrected chi connectivity index (χ3v) is 1.81. The second-order valence-electron chi connectivity index (χ2n) is 2.71. The minimum absolute atomic E-state index is 0.210. The molecule has 1 aliphatic rings. The first-order valence-corrected chi connectivity index (χ1v) is 3.55. The fourth-order valence-electron chi connectivity index (χ4n) is 1.05. The molecule has 0 spiro atoms. The zero-order chi connectivity index (χ0) is 9.59. The van der Waals surface area contributed by atoms with Crippen LogP contribution in [-0.2, 0) is 4.74 Å². The summed E-state index contributed by atoms with van der Waals surface area (Å²) < 4.78 is 55.1. The molecule has 0 amide bonds. The Morgan fingerprint density at radius 3 is 2.23 bits per heavy atom. The summed E-state index contributed by atoms with van der Waals surface area (Å²) in [6.07, 6.45) is -0.635. The molecule has 1 fully saturated rings. The second kappa shape index (κ2) is 2.70. The number of rotatable bonds is 1. The van der Waals surface area contributed by atoms with E-state index >= 15 is 0 Å². The van der Waals surface area contributed by atoms with Crippen molar-refractivity contribution in [3.8, 4) is 0 Å². The number of epoxide rings is 1. The maximum atomic E-state index is 12.9. The van der Waals surface area contributed by atoms with E-state index in [-0.39, 0.29) is 12.2 Å². The first-order valence-electron chi connectivity index (χ1n) is 3.55. The molecule has 70 valence electrons. The molecule has 0 unspecified atom stereocenters. The van der Waals surface area contributed by atoms with Crippen molar-refractivity contribution < 1.29 is 22.3 Å². The molecule has 13 heavy (non-hydrogen) atoms. The molecule has 0 aromatic heterocycles. The first-order chi connectivity index (χ1) is 6.11. The highest BCUT2D eigenvalue weighted by Gasteiger charge is 2.31. The van der Waals surface area contributed by atoms with E-state index in [1.807, 2.05) is 0 Å². The Balaban J connectivity index is 2.58. The summed E-state index contributed by atoms with van der Waals surface area (Å²) >= 11 is 0. The highest BCUT2D eigenvalue weighted by Crippen LogP contribution is 2.33. The summed E-state index contributed by atoms with van der Waals surface area (Å²) in [4.78, 5) is 0. The van der Waals surface area contributed by atoms with Gasteiger partial charge in [0.05, 0.1) is 6.61 Å². The molecule has 0 N–H and O–H groups in total. The Morgan fingerprint density at radius 2 is 1.69 bits per heavy atom. The van der Waals surface area contributed by atoms with Crippen LogP contribution in [0.15, 0.2) is 6.07 Å². The van der Waals surface area contributed by atoms with E-state index in [1.165, 1.54) is 0 Å². The maximum absolute atomic E-state index is 12.9. The van der Waals surface area contributed by atoms with Crippen LogP contribution < -0.4 is 0 Å². The van der Waals surface area contributed by atoms with E-state index in [1.54, 1.807) is 0 Å². The largest absolute Gasteiger partial charge is 0.368 e. The van der Waals surface area contributed by atoms with Crippen molar-refractivity contribution in [2.24, 2.45) is 0 Å². The molecule has 5 heteroatoms. The summed E-state index contributed by atoms with van der Waals surface area (Å²) in [7, 11) is 0. The highest BCUT2D eigenvalue weighted by molar-refractivity contribution is 5.25. The molecular weight excluding hydrogens is 188 g/mol. The summed E-state index contributed by atoms with van der Waals surface area (Å²) in [6, 6.07) is 0.616. The number of halogens is 4. The Kier molecular flexibility index (Phi) is 1.76. The predicted molar refractivity (Wildman–Crippen MR) is 35.0 cm³/mol. The summed E-state index contributed by atoms with van der Waals surface area (Å²) in [5.74, 6) is -6.35. The third kappa shape index (κ3) is 1.29. The van der Waals surface area contributed by atoms with Gasteiger partial charge >= 0.3 is 0 Å². The van der Waals surface area contributed by atoms with Crippen molar-refractivity contribution in [3.05, 3.63) is 34.9 Å². The van der Waals surface area contributed by atoms with Gasteiger partial charge in [-0.15, -0.1) is 0 Å². The van der Waals surface area contributed by atoms with Gasteiger partial charge in [0.1, 0.15) is 6.10 Å². The van der Waals surface area contributed by atoms with Crippen molar-refractivity contribution in [2.45, 2.75) is 6.10 Å². The van der Waals surface area contributed by atoms with Crippen molar-refractivity contribution >= 4 is 0 Å². The molecular formula is C8H4F4O. The number of hydrogen-bond acceptors (Lipinski definition) is 1. The molecule has 1 atom stereocenters. The van der Waals surface area contributed by atoms with E-state index < -0.39 is 29.4 Å². The van der Waals surface area contributed by atoms with Gasteiger partial charge in [0.25, 0.3) is 0 Å². The van der Waals surface area contributed by atoms with Gasteiger partial charge in [-0.3, -0.25) is 0 Å². The standard InChI is InChI=1S/C8H4F4O/c9-4-1-3(5-2-13-5)6(10)8(12)7(4)11/h1,5H,2H2/t5-/m0/s1. The van der Waals surface area contributed by atoms with Crippen LogP contribution in [0, 0.1) is 23.3 Å². The smallest absolute Gasteiger partial charge is 0.197 e. The Hall–Kier alpha value is -1.10. The fourth-order valence-corrected chi connectivity index (χ4v) is 1.05. The summed E-state index contributed by atoms with van der Waals surface area (Å²) in [6.45, 7) is 0.210. The van der Waals surface area contributed by atoms with Crippen LogP contribution in [0.5, 0.6) is 0 Å². The highest BCUT2D eigenvalue weighted by atomic mass is 19.2. The Labute approximate surface area is 70.9 Å². The monoisotopic (exact) mass is 192 g/mol. The van der Waals surface area contributed by atoms with Gasteiger partial charge in [-0.25, -0.2) is 17.6 Å². The molecule has 0 bridgehead atoms. The van der Waals surface area contributed by atoms with Crippen LogP contribution in [0.25, 0.3) is 0 Å². The van der Waals surface area contributed by atoms with Gasteiger partial charge in [-0.1, -0.05) is 0 Å². The number of hydrogen-bond donors (Lipinski definition) is 0. The zero-order valence-electron chi connectivity index (χ0n) is 6.28. The van der Waals surface area contributed by atoms with Crippen LogP contribution in [0.3, 0.4) is 0 Å². The van der Waals surface area contributed by atoms with E-state index in [9.17, 15) is 17.6 Å². The van der Waals surface area contributed by atoms with Crippen LogP contribution in [0.1, 0.15) is 11.7 Å². The molecule has 1 aliphatic heterocycles. The average molecular weight is 192 g/mol. The van der Waals surface area contributed by atoms with Gasteiger partial charge in [0, 0.05) is 5.56 Å². The molecule has 1 aromatic carbocycles. The lowest BCUT2D eigenvalue weighted by Crippen LogP contribution is -2.00. The molecule has 0 aliphatic carbocycles. The lowest BCUT2D eigenvalue weighted by atomic mass is 10.1. The van der Waals surface area contributed by atoms with E-state index in [0.717, 1.165) is 0 Å². The lowest BCUT2D eigenvalue weighted by Gasteiger charge is -2.01. The third-order valence-electron chi connectivity index (χ3n) is 1.81. The lowest BCUT2D eigenvalue weighted by molar-refractivity contribution is 0.378. The number of ether oxygens (including phenoxy) is 1. The van der Waals surface area contributed by atoms with Crippen molar-refractivity contribution in [1.29, 1.82) is 0 Å². The predicted octanol–water partition coefficient (Wildman–Crippen LogP) is 2.31. The van der Waals surface area contributed by atoms with Crippen LogP contribution >= 0.6 is 0 Å². The van der Waals surface area contributed by atoms with Gasteiger partial charge in [0.15, 0.2) is 23.3 Å². The minimum atomic E-state index is -1.79. The van der Waals surface area contributed by atoms with Gasteiger partial charge in [-0.2, -0.15) is 0 Å². The van der Waals surface area contributed by atoms with E-state index in [2.05, 4.69) is 4.74 Å². The molecule has 1 aromatic rings. The fraction of sp³-hybridized carbons (Fsp3) is 0.250. The average Bonchev–Trinajstić information content (AvgIpc) is 2.91.